The van der Waals surface area contributed by atoms with Gasteiger partial charge in [0.15, 0.2) is 0 Å². The van der Waals surface area contributed by atoms with Gasteiger partial charge in [-0.3, -0.25) is 4.79 Å². The van der Waals surface area contributed by atoms with Crippen LogP contribution in [0.2, 0.25) is 0 Å². The summed E-state index contributed by atoms with van der Waals surface area (Å²) in [6.07, 6.45) is 5.29. The minimum Gasteiger partial charge on any atom is -0.372 e. The monoisotopic (exact) mass is 240 g/mol. The number of ether oxygens (including phenoxy) is 1. The first kappa shape index (κ1) is 12.8. The highest BCUT2D eigenvalue weighted by Gasteiger charge is 2.40. The number of nitrogens with zero attached hydrogens (tertiary/aromatic N) is 1. The van der Waals surface area contributed by atoms with Gasteiger partial charge in [0.25, 0.3) is 0 Å². The van der Waals surface area contributed by atoms with Gasteiger partial charge in [-0.05, 0) is 26.7 Å². The highest BCUT2D eigenvalue weighted by molar-refractivity contribution is 5.86. The lowest BCUT2D eigenvalue weighted by Crippen LogP contribution is -2.60. The van der Waals surface area contributed by atoms with Crippen molar-refractivity contribution in [3.05, 3.63) is 0 Å². The summed E-state index contributed by atoms with van der Waals surface area (Å²) < 4.78 is 5.65. The molecule has 2 atom stereocenters. The fourth-order valence-electron chi connectivity index (χ4n) is 3.06. The van der Waals surface area contributed by atoms with Crippen LogP contribution < -0.4 is 5.73 Å². The van der Waals surface area contributed by atoms with Crippen LogP contribution in [0.25, 0.3) is 0 Å². The predicted octanol–water partition coefficient (Wildman–Crippen LogP) is 1.28. The number of amides is 1. The van der Waals surface area contributed by atoms with E-state index in [1.807, 2.05) is 18.7 Å². The van der Waals surface area contributed by atoms with E-state index in [9.17, 15) is 4.79 Å². The van der Waals surface area contributed by atoms with E-state index in [0.717, 1.165) is 25.7 Å². The number of rotatable bonds is 1. The normalized spacial score (nSPS) is 33.5. The number of nitrogens with two attached hydrogens (primary N) is 1. The van der Waals surface area contributed by atoms with Crippen molar-refractivity contribution in [2.75, 3.05) is 13.1 Å². The van der Waals surface area contributed by atoms with Crippen LogP contribution in [0.3, 0.4) is 0 Å². The average molecular weight is 240 g/mol. The maximum absolute atomic E-state index is 12.5. The lowest BCUT2D eigenvalue weighted by atomic mass is 9.81. The molecule has 2 fully saturated rings. The second kappa shape index (κ2) is 4.94. The van der Waals surface area contributed by atoms with E-state index in [0.29, 0.717) is 13.1 Å². The summed E-state index contributed by atoms with van der Waals surface area (Å²) in [7, 11) is 0. The molecule has 98 valence electrons. The first-order valence-corrected chi connectivity index (χ1v) is 6.75. The first-order valence-electron chi connectivity index (χ1n) is 6.75. The number of carbonyl (C=O) groups is 1. The molecule has 1 aliphatic heterocycles. The largest absolute Gasteiger partial charge is 0.372 e. The Kier molecular flexibility index (Phi) is 3.73. The summed E-state index contributed by atoms with van der Waals surface area (Å²) in [4.78, 5) is 14.4. The molecule has 17 heavy (non-hydrogen) atoms. The molecule has 2 aliphatic rings. The van der Waals surface area contributed by atoms with Gasteiger partial charge in [-0.2, -0.15) is 0 Å². The minimum atomic E-state index is -0.602. The molecule has 1 aliphatic carbocycles. The zero-order chi connectivity index (χ0) is 12.5. The molecular formula is C13H24N2O2. The van der Waals surface area contributed by atoms with Crippen molar-refractivity contribution in [2.45, 2.75) is 63.7 Å². The third-order valence-corrected chi connectivity index (χ3v) is 3.88. The maximum Gasteiger partial charge on any atom is 0.242 e. The molecule has 4 heteroatoms. The van der Waals surface area contributed by atoms with Gasteiger partial charge < -0.3 is 15.4 Å². The summed E-state index contributed by atoms with van der Waals surface area (Å²) in [5.41, 5.74) is 5.69. The average Bonchev–Trinajstić information content (AvgIpc) is 2.27. The third kappa shape index (κ3) is 2.80. The van der Waals surface area contributed by atoms with Gasteiger partial charge >= 0.3 is 0 Å². The summed E-state index contributed by atoms with van der Waals surface area (Å²) in [6.45, 7) is 5.39. The second-order valence-corrected chi connectivity index (χ2v) is 5.68. The van der Waals surface area contributed by atoms with Crippen molar-refractivity contribution >= 4 is 5.91 Å². The Labute approximate surface area is 103 Å². The molecule has 0 spiro atoms. The fourth-order valence-corrected chi connectivity index (χ4v) is 3.06. The fraction of sp³-hybridized carbons (Fsp3) is 0.923. The number of hydrogen-bond donors (Lipinski definition) is 1. The highest BCUT2D eigenvalue weighted by atomic mass is 16.5. The SMILES string of the molecule is C[C@@H]1CN(C(=O)C2(N)CCCCC2)C[C@H](C)O1. The van der Waals surface area contributed by atoms with Gasteiger partial charge in [-0.25, -0.2) is 0 Å². The lowest BCUT2D eigenvalue weighted by Gasteiger charge is -2.41. The minimum absolute atomic E-state index is 0.120. The smallest absolute Gasteiger partial charge is 0.242 e. The highest BCUT2D eigenvalue weighted by Crippen LogP contribution is 2.28. The number of carbonyl (C=O) groups excluding carboxylic acids is 1. The topological polar surface area (TPSA) is 55.6 Å². The van der Waals surface area contributed by atoms with Crippen LogP contribution in [0.1, 0.15) is 46.0 Å². The van der Waals surface area contributed by atoms with Crippen molar-refractivity contribution in [1.82, 2.24) is 4.90 Å². The second-order valence-electron chi connectivity index (χ2n) is 5.68. The van der Waals surface area contributed by atoms with Crippen LogP contribution in [0.15, 0.2) is 0 Å². The van der Waals surface area contributed by atoms with Gasteiger partial charge in [0.1, 0.15) is 0 Å². The van der Waals surface area contributed by atoms with E-state index >= 15 is 0 Å². The molecule has 0 radical (unpaired) electrons. The molecule has 0 aromatic rings. The Hall–Kier alpha value is -0.610. The van der Waals surface area contributed by atoms with Crippen LogP contribution in [-0.4, -0.2) is 41.6 Å². The van der Waals surface area contributed by atoms with Crippen molar-refractivity contribution in [2.24, 2.45) is 5.73 Å². The quantitative estimate of drug-likeness (QED) is 0.751. The third-order valence-electron chi connectivity index (χ3n) is 3.88. The Balaban J connectivity index is 2.03. The molecule has 1 saturated heterocycles. The molecular weight excluding hydrogens is 216 g/mol. The van der Waals surface area contributed by atoms with E-state index in [2.05, 4.69) is 0 Å². The van der Waals surface area contributed by atoms with Crippen molar-refractivity contribution < 1.29 is 9.53 Å². The molecule has 1 heterocycles. The predicted molar refractivity (Wildman–Crippen MR) is 66.6 cm³/mol. The van der Waals surface area contributed by atoms with Gasteiger partial charge in [0, 0.05) is 13.1 Å². The van der Waals surface area contributed by atoms with Crippen LogP contribution in [-0.2, 0) is 9.53 Å². The number of hydrogen-bond acceptors (Lipinski definition) is 3. The number of morpholine rings is 1. The van der Waals surface area contributed by atoms with E-state index < -0.39 is 5.54 Å². The molecule has 0 aromatic heterocycles. The molecule has 4 nitrogen and oxygen atoms in total. The Morgan fingerprint density at radius 1 is 1.18 bits per heavy atom. The van der Waals surface area contributed by atoms with Crippen molar-refractivity contribution in [3.63, 3.8) is 0 Å². The molecule has 0 unspecified atom stereocenters. The molecule has 2 rings (SSSR count). The summed E-state index contributed by atoms with van der Waals surface area (Å²) in [5.74, 6) is 0.138. The lowest BCUT2D eigenvalue weighted by molar-refractivity contribution is -0.150. The van der Waals surface area contributed by atoms with Gasteiger partial charge in [0.05, 0.1) is 17.7 Å². The van der Waals surface area contributed by atoms with E-state index in [1.165, 1.54) is 6.42 Å². The van der Waals surface area contributed by atoms with Crippen LogP contribution in [0, 0.1) is 0 Å². The summed E-state index contributed by atoms with van der Waals surface area (Å²) in [5, 5.41) is 0. The van der Waals surface area contributed by atoms with Crippen molar-refractivity contribution in [3.8, 4) is 0 Å². The molecule has 1 saturated carbocycles. The molecule has 2 N–H and O–H groups in total. The summed E-state index contributed by atoms with van der Waals surface area (Å²) in [6, 6.07) is 0. The summed E-state index contributed by atoms with van der Waals surface area (Å²) >= 11 is 0. The van der Waals surface area contributed by atoms with Crippen LogP contribution >= 0.6 is 0 Å². The Morgan fingerprint density at radius 2 is 1.71 bits per heavy atom. The van der Waals surface area contributed by atoms with Crippen molar-refractivity contribution in [1.29, 1.82) is 0 Å². The molecule has 1 amide bonds. The molecule has 0 bridgehead atoms. The first-order chi connectivity index (χ1) is 8.01. The maximum atomic E-state index is 12.5. The van der Waals surface area contributed by atoms with Gasteiger partial charge in [-0.15, -0.1) is 0 Å². The van der Waals surface area contributed by atoms with Crippen LogP contribution in [0.4, 0.5) is 0 Å². The zero-order valence-electron chi connectivity index (χ0n) is 10.9. The zero-order valence-corrected chi connectivity index (χ0v) is 10.9. The van der Waals surface area contributed by atoms with Crippen LogP contribution in [0.5, 0.6) is 0 Å². The van der Waals surface area contributed by atoms with E-state index in [-0.39, 0.29) is 18.1 Å². The standard InChI is InChI=1S/C13H24N2O2/c1-10-8-15(9-11(2)17-10)12(16)13(14)6-4-3-5-7-13/h10-11H,3-9,14H2,1-2H3/t10-,11+. The Bertz CT molecular complexity index is 277. The van der Waals surface area contributed by atoms with Gasteiger partial charge in [-0.1, -0.05) is 19.3 Å². The molecule has 0 aromatic carbocycles. The van der Waals surface area contributed by atoms with E-state index in [1.54, 1.807) is 0 Å². The van der Waals surface area contributed by atoms with E-state index in [4.69, 9.17) is 10.5 Å². The van der Waals surface area contributed by atoms with Gasteiger partial charge in [0.2, 0.25) is 5.91 Å². The Morgan fingerprint density at radius 3 is 2.24 bits per heavy atom.